The van der Waals surface area contributed by atoms with Gasteiger partial charge in [-0.1, -0.05) is 39.0 Å². The molecule has 0 aliphatic rings. The zero-order valence-electron chi connectivity index (χ0n) is 11.8. The molecule has 3 heteroatoms. The van der Waals surface area contributed by atoms with Crippen LogP contribution in [0.3, 0.4) is 0 Å². The highest BCUT2D eigenvalue weighted by Gasteiger charge is 2.14. The molecule has 0 atom stereocenters. The van der Waals surface area contributed by atoms with E-state index in [2.05, 4.69) is 51.2 Å². The average molecular weight is 251 g/mol. The monoisotopic (exact) mass is 251 g/mol. The van der Waals surface area contributed by atoms with Crippen LogP contribution in [0.4, 0.5) is 0 Å². The summed E-state index contributed by atoms with van der Waals surface area (Å²) in [5, 5.41) is 21.1. The molecule has 3 N–H and O–H groups in total. The maximum atomic E-state index is 9.00. The van der Waals surface area contributed by atoms with Gasteiger partial charge in [0, 0.05) is 6.54 Å². The van der Waals surface area contributed by atoms with Crippen LogP contribution < -0.4 is 5.32 Å². The van der Waals surface area contributed by atoms with Gasteiger partial charge in [0.05, 0.1) is 19.3 Å². The Kier molecular flexibility index (Phi) is 5.32. The van der Waals surface area contributed by atoms with E-state index in [1.165, 1.54) is 16.7 Å². The molecule has 0 fully saturated rings. The first-order chi connectivity index (χ1) is 8.38. The Morgan fingerprint density at radius 2 is 1.78 bits per heavy atom. The lowest BCUT2D eigenvalue weighted by Crippen LogP contribution is -2.35. The highest BCUT2D eigenvalue weighted by molar-refractivity contribution is 5.34. The van der Waals surface area contributed by atoms with Gasteiger partial charge in [-0.15, -0.1) is 0 Å². The normalized spacial score (nSPS) is 12.2. The maximum absolute atomic E-state index is 9.00. The molecular weight excluding hydrogens is 226 g/mol. The summed E-state index contributed by atoms with van der Waals surface area (Å²) < 4.78 is 0. The van der Waals surface area contributed by atoms with Gasteiger partial charge < -0.3 is 15.5 Å². The van der Waals surface area contributed by atoms with Gasteiger partial charge in [-0.05, 0) is 29.0 Å². The molecule has 0 aromatic heterocycles. The molecule has 18 heavy (non-hydrogen) atoms. The van der Waals surface area contributed by atoms with Gasteiger partial charge in [0.15, 0.2) is 0 Å². The minimum absolute atomic E-state index is 0.0460. The molecule has 0 saturated carbocycles. The fraction of sp³-hybridized carbons (Fsp3) is 0.600. The van der Waals surface area contributed by atoms with Gasteiger partial charge in [0.2, 0.25) is 0 Å². The standard InChI is InChI=1S/C15H25NO2/c1-11-7-13(15(2,3)4)6-5-12(11)8-16-14(9-17)10-18/h5-7,14,16-18H,8-10H2,1-4H3. The molecule has 0 spiro atoms. The van der Waals surface area contributed by atoms with Crippen molar-refractivity contribution in [3.8, 4) is 0 Å². The third-order valence-electron chi connectivity index (χ3n) is 3.23. The van der Waals surface area contributed by atoms with Crippen molar-refractivity contribution in [2.45, 2.75) is 45.7 Å². The van der Waals surface area contributed by atoms with Crippen molar-refractivity contribution >= 4 is 0 Å². The Bertz CT molecular complexity index is 379. The Hall–Kier alpha value is -0.900. The van der Waals surface area contributed by atoms with E-state index in [-0.39, 0.29) is 24.7 Å². The largest absolute Gasteiger partial charge is 0.395 e. The molecule has 0 aliphatic heterocycles. The summed E-state index contributed by atoms with van der Waals surface area (Å²) in [4.78, 5) is 0. The lowest BCUT2D eigenvalue weighted by Gasteiger charge is -2.21. The zero-order valence-corrected chi connectivity index (χ0v) is 11.8. The molecule has 0 heterocycles. The number of aliphatic hydroxyl groups excluding tert-OH is 2. The molecule has 0 unspecified atom stereocenters. The van der Waals surface area contributed by atoms with Crippen molar-refractivity contribution in [3.63, 3.8) is 0 Å². The molecule has 0 amide bonds. The molecule has 0 saturated heterocycles. The van der Waals surface area contributed by atoms with E-state index in [4.69, 9.17) is 10.2 Å². The predicted octanol–water partition coefficient (Wildman–Crippen LogP) is 1.74. The lowest BCUT2D eigenvalue weighted by molar-refractivity contribution is 0.170. The van der Waals surface area contributed by atoms with Crippen LogP contribution in [0.1, 0.15) is 37.5 Å². The van der Waals surface area contributed by atoms with Gasteiger partial charge in [-0.2, -0.15) is 0 Å². The minimum Gasteiger partial charge on any atom is -0.395 e. The van der Waals surface area contributed by atoms with Crippen LogP contribution >= 0.6 is 0 Å². The number of rotatable bonds is 5. The molecule has 1 aromatic rings. The van der Waals surface area contributed by atoms with Gasteiger partial charge >= 0.3 is 0 Å². The van der Waals surface area contributed by atoms with Crippen molar-refractivity contribution in [2.75, 3.05) is 13.2 Å². The lowest BCUT2D eigenvalue weighted by atomic mass is 9.85. The van der Waals surface area contributed by atoms with Crippen LogP contribution in [0.2, 0.25) is 0 Å². The molecule has 0 aliphatic carbocycles. The SMILES string of the molecule is Cc1cc(C(C)(C)C)ccc1CNC(CO)CO. The van der Waals surface area contributed by atoms with E-state index in [0.29, 0.717) is 6.54 Å². The summed E-state index contributed by atoms with van der Waals surface area (Å²) in [6.45, 7) is 9.28. The van der Waals surface area contributed by atoms with Gasteiger partial charge in [0.1, 0.15) is 0 Å². The molecule has 102 valence electrons. The Labute approximate surface area is 110 Å². The average Bonchev–Trinajstić information content (AvgIpc) is 2.30. The quantitative estimate of drug-likeness (QED) is 0.747. The van der Waals surface area contributed by atoms with E-state index in [9.17, 15) is 0 Å². The minimum atomic E-state index is -0.244. The number of nitrogens with one attached hydrogen (secondary N) is 1. The first-order valence-electron chi connectivity index (χ1n) is 6.43. The Balaban J connectivity index is 2.74. The van der Waals surface area contributed by atoms with Crippen molar-refractivity contribution in [1.82, 2.24) is 5.32 Å². The van der Waals surface area contributed by atoms with Gasteiger partial charge in [0.25, 0.3) is 0 Å². The van der Waals surface area contributed by atoms with E-state index in [1.54, 1.807) is 0 Å². The first-order valence-corrected chi connectivity index (χ1v) is 6.43. The molecule has 1 rings (SSSR count). The Morgan fingerprint density at radius 1 is 1.17 bits per heavy atom. The van der Waals surface area contributed by atoms with Crippen molar-refractivity contribution in [1.29, 1.82) is 0 Å². The van der Waals surface area contributed by atoms with Crippen molar-refractivity contribution < 1.29 is 10.2 Å². The fourth-order valence-electron chi connectivity index (χ4n) is 1.80. The van der Waals surface area contributed by atoms with Gasteiger partial charge in [-0.25, -0.2) is 0 Å². The molecule has 1 aromatic carbocycles. The summed E-state index contributed by atoms with van der Waals surface area (Å²) >= 11 is 0. The number of benzene rings is 1. The number of hydrogen-bond donors (Lipinski definition) is 3. The van der Waals surface area contributed by atoms with E-state index < -0.39 is 0 Å². The summed E-state index contributed by atoms with van der Waals surface area (Å²) in [7, 11) is 0. The summed E-state index contributed by atoms with van der Waals surface area (Å²) in [6, 6.07) is 6.24. The summed E-state index contributed by atoms with van der Waals surface area (Å²) in [5.41, 5.74) is 3.93. The van der Waals surface area contributed by atoms with Crippen LogP contribution in [-0.2, 0) is 12.0 Å². The third-order valence-corrected chi connectivity index (χ3v) is 3.23. The molecular formula is C15H25NO2. The van der Waals surface area contributed by atoms with Crippen molar-refractivity contribution in [3.05, 3.63) is 34.9 Å². The van der Waals surface area contributed by atoms with E-state index in [0.717, 1.165) is 0 Å². The third kappa shape index (κ3) is 4.09. The second kappa shape index (κ2) is 6.32. The topological polar surface area (TPSA) is 52.5 Å². The zero-order chi connectivity index (χ0) is 13.8. The maximum Gasteiger partial charge on any atom is 0.0607 e. The van der Waals surface area contributed by atoms with Crippen LogP contribution in [0.25, 0.3) is 0 Å². The number of hydrogen-bond acceptors (Lipinski definition) is 3. The molecule has 0 bridgehead atoms. The fourth-order valence-corrected chi connectivity index (χ4v) is 1.80. The highest BCUT2D eigenvalue weighted by atomic mass is 16.3. The first kappa shape index (κ1) is 15.2. The molecule has 0 radical (unpaired) electrons. The van der Waals surface area contributed by atoms with E-state index >= 15 is 0 Å². The smallest absolute Gasteiger partial charge is 0.0607 e. The second-order valence-electron chi connectivity index (χ2n) is 5.83. The highest BCUT2D eigenvalue weighted by Crippen LogP contribution is 2.24. The number of aryl methyl sites for hydroxylation is 1. The second-order valence-corrected chi connectivity index (χ2v) is 5.83. The summed E-state index contributed by atoms with van der Waals surface area (Å²) in [5.74, 6) is 0. The van der Waals surface area contributed by atoms with Crippen LogP contribution in [0, 0.1) is 6.92 Å². The molecule has 3 nitrogen and oxygen atoms in total. The Morgan fingerprint density at radius 3 is 2.22 bits per heavy atom. The summed E-state index contributed by atoms with van der Waals surface area (Å²) in [6.07, 6.45) is 0. The predicted molar refractivity (Wildman–Crippen MR) is 74.7 cm³/mol. The van der Waals surface area contributed by atoms with E-state index in [1.807, 2.05) is 0 Å². The van der Waals surface area contributed by atoms with Crippen LogP contribution in [0.15, 0.2) is 18.2 Å². The van der Waals surface area contributed by atoms with Crippen LogP contribution in [0.5, 0.6) is 0 Å². The number of aliphatic hydroxyl groups is 2. The van der Waals surface area contributed by atoms with Crippen LogP contribution in [-0.4, -0.2) is 29.5 Å². The van der Waals surface area contributed by atoms with Crippen molar-refractivity contribution in [2.24, 2.45) is 0 Å². The van der Waals surface area contributed by atoms with Gasteiger partial charge in [-0.3, -0.25) is 0 Å².